The van der Waals surface area contributed by atoms with Crippen molar-refractivity contribution in [2.75, 3.05) is 0 Å². The molecule has 0 aliphatic heterocycles. The van der Waals surface area contributed by atoms with Gasteiger partial charge in [0.25, 0.3) is 0 Å². The Balaban J connectivity index is 2.45. The summed E-state index contributed by atoms with van der Waals surface area (Å²) in [6.45, 7) is 10.5. The molecule has 4 heteroatoms. The van der Waals surface area contributed by atoms with Crippen LogP contribution in [0.4, 0.5) is 0 Å². The third kappa shape index (κ3) is 2.90. The third-order valence-electron chi connectivity index (χ3n) is 3.20. The van der Waals surface area contributed by atoms with Gasteiger partial charge < -0.3 is 9.88 Å². The predicted octanol–water partition coefficient (Wildman–Crippen LogP) is 3.20. The lowest BCUT2D eigenvalue weighted by Crippen LogP contribution is -2.28. The van der Waals surface area contributed by atoms with Gasteiger partial charge >= 0.3 is 0 Å². The number of carbonyl (C=O) groups is 1. The van der Waals surface area contributed by atoms with Crippen LogP contribution in [0.2, 0.25) is 0 Å². The van der Waals surface area contributed by atoms with Crippen LogP contribution in [0.15, 0.2) is 36.4 Å². The zero-order valence-electron chi connectivity index (χ0n) is 12.3. The van der Waals surface area contributed by atoms with Crippen LogP contribution >= 0.6 is 0 Å². The molecular formula is C16H21N3O. The number of hydrogen-bond donors (Lipinski definition) is 1. The Morgan fingerprint density at radius 1 is 1.45 bits per heavy atom. The molecule has 1 atom stereocenters. The molecule has 0 saturated heterocycles. The Bertz CT molecular complexity index is 642. The van der Waals surface area contributed by atoms with Crippen molar-refractivity contribution in [3.63, 3.8) is 0 Å². The Labute approximate surface area is 119 Å². The van der Waals surface area contributed by atoms with Crippen molar-refractivity contribution in [2.24, 2.45) is 0 Å². The minimum absolute atomic E-state index is 0.0337. The summed E-state index contributed by atoms with van der Waals surface area (Å²) < 4.78 is 2.12. The highest BCUT2D eigenvalue weighted by atomic mass is 16.1. The maximum atomic E-state index is 11.6. The summed E-state index contributed by atoms with van der Waals surface area (Å²) in [5.41, 5.74) is 3.08. The number of allylic oxidation sites excluding steroid dienone is 1. The zero-order valence-corrected chi connectivity index (χ0v) is 12.3. The van der Waals surface area contributed by atoms with E-state index in [0.29, 0.717) is 13.0 Å². The lowest BCUT2D eigenvalue weighted by atomic mass is 10.2. The van der Waals surface area contributed by atoms with E-state index in [2.05, 4.69) is 21.4 Å². The van der Waals surface area contributed by atoms with Crippen LogP contribution in [-0.2, 0) is 11.3 Å². The first-order valence-corrected chi connectivity index (χ1v) is 6.91. The molecule has 1 aromatic heterocycles. The number of amides is 1. The molecule has 1 heterocycles. The molecule has 0 aliphatic carbocycles. The van der Waals surface area contributed by atoms with Crippen LogP contribution in [0, 0.1) is 0 Å². The van der Waals surface area contributed by atoms with Crippen molar-refractivity contribution >= 4 is 16.9 Å². The summed E-state index contributed by atoms with van der Waals surface area (Å²) in [6.07, 6.45) is 0.477. The van der Waals surface area contributed by atoms with Crippen LogP contribution in [0.3, 0.4) is 0 Å². The average Bonchev–Trinajstić information content (AvgIpc) is 2.77. The van der Waals surface area contributed by atoms with Gasteiger partial charge in [-0.25, -0.2) is 4.98 Å². The minimum atomic E-state index is -0.116. The summed E-state index contributed by atoms with van der Waals surface area (Å²) in [7, 11) is 0. The summed E-state index contributed by atoms with van der Waals surface area (Å²) in [5.74, 6) is 0.905. The molecule has 106 valence electrons. The molecule has 1 aromatic carbocycles. The lowest BCUT2D eigenvalue weighted by molar-refractivity contribution is -0.121. The Morgan fingerprint density at radius 3 is 2.80 bits per heavy atom. The number of nitrogens with zero attached hydrogens (tertiary/aromatic N) is 2. The van der Waals surface area contributed by atoms with Gasteiger partial charge in [0.15, 0.2) is 0 Å². The van der Waals surface area contributed by atoms with Crippen LogP contribution in [0.5, 0.6) is 0 Å². The van der Waals surface area contributed by atoms with Crippen LogP contribution in [0.1, 0.15) is 39.1 Å². The number of nitrogens with one attached hydrogen (secondary N) is 1. The molecule has 0 aliphatic rings. The van der Waals surface area contributed by atoms with Crippen molar-refractivity contribution in [1.29, 1.82) is 0 Å². The van der Waals surface area contributed by atoms with Crippen LogP contribution < -0.4 is 5.32 Å². The fourth-order valence-electron chi connectivity index (χ4n) is 2.27. The first kappa shape index (κ1) is 14.3. The lowest BCUT2D eigenvalue weighted by Gasteiger charge is -2.16. The highest BCUT2D eigenvalue weighted by Crippen LogP contribution is 2.21. The molecular weight excluding hydrogens is 250 g/mol. The molecule has 4 nitrogen and oxygen atoms in total. The van der Waals surface area contributed by atoms with Gasteiger partial charge in [-0.05, 0) is 26.0 Å². The van der Waals surface area contributed by atoms with E-state index in [0.717, 1.165) is 22.4 Å². The van der Waals surface area contributed by atoms with Gasteiger partial charge in [0.05, 0.1) is 17.1 Å². The maximum absolute atomic E-state index is 11.6. The predicted molar refractivity (Wildman–Crippen MR) is 81.4 cm³/mol. The second-order valence-electron chi connectivity index (χ2n) is 5.14. The van der Waals surface area contributed by atoms with E-state index in [4.69, 9.17) is 0 Å². The molecule has 1 N–H and O–H groups in total. The van der Waals surface area contributed by atoms with Crippen molar-refractivity contribution in [3.8, 4) is 0 Å². The van der Waals surface area contributed by atoms with E-state index in [1.54, 1.807) is 0 Å². The number of fused-ring (bicyclic) bond motifs is 1. The average molecular weight is 271 g/mol. The third-order valence-corrected chi connectivity index (χ3v) is 3.20. The molecule has 0 saturated carbocycles. The first-order valence-electron chi connectivity index (χ1n) is 6.91. The molecule has 1 amide bonds. The zero-order chi connectivity index (χ0) is 14.7. The van der Waals surface area contributed by atoms with E-state index >= 15 is 0 Å². The van der Waals surface area contributed by atoms with Gasteiger partial charge in [0.2, 0.25) is 5.91 Å². The quantitative estimate of drug-likeness (QED) is 0.849. The van der Waals surface area contributed by atoms with Gasteiger partial charge in [-0.15, -0.1) is 0 Å². The standard InChI is InChI=1S/C16H21N3O/c1-5-15(20)17-12(4)16-18-13-8-6-7-9-14(13)19(16)10-11(2)3/h6-9,12H,2,5,10H2,1,3-4H3,(H,17,20)/t12-/m0/s1. The Morgan fingerprint density at radius 2 is 2.15 bits per heavy atom. The fraction of sp³-hybridized carbons (Fsp3) is 0.375. The Kier molecular flexibility index (Phi) is 4.23. The number of para-hydroxylation sites is 2. The maximum Gasteiger partial charge on any atom is 0.220 e. The van der Waals surface area contributed by atoms with Crippen LogP contribution in [-0.4, -0.2) is 15.5 Å². The molecule has 0 bridgehead atoms. The summed E-state index contributed by atoms with van der Waals surface area (Å²) >= 11 is 0. The summed E-state index contributed by atoms with van der Waals surface area (Å²) in [4.78, 5) is 16.2. The molecule has 0 radical (unpaired) electrons. The molecule has 0 fully saturated rings. The summed E-state index contributed by atoms with van der Waals surface area (Å²) in [6, 6.07) is 7.89. The molecule has 20 heavy (non-hydrogen) atoms. The second kappa shape index (κ2) is 5.90. The number of rotatable bonds is 5. The molecule has 2 aromatic rings. The highest BCUT2D eigenvalue weighted by Gasteiger charge is 2.17. The van der Waals surface area contributed by atoms with Crippen molar-refractivity contribution in [1.82, 2.24) is 14.9 Å². The normalized spacial score (nSPS) is 12.3. The number of aromatic nitrogens is 2. The molecule has 2 rings (SSSR count). The van der Waals surface area contributed by atoms with Crippen LogP contribution in [0.25, 0.3) is 11.0 Å². The minimum Gasteiger partial charge on any atom is -0.346 e. The Hall–Kier alpha value is -2.10. The smallest absolute Gasteiger partial charge is 0.220 e. The molecule has 0 spiro atoms. The largest absolute Gasteiger partial charge is 0.346 e. The summed E-state index contributed by atoms with van der Waals surface area (Å²) in [5, 5.41) is 2.97. The van der Waals surface area contributed by atoms with Gasteiger partial charge in [-0.1, -0.05) is 31.2 Å². The van der Waals surface area contributed by atoms with E-state index in [9.17, 15) is 4.79 Å². The SMILES string of the molecule is C=C(C)Cn1c([C@H](C)NC(=O)CC)nc2ccccc21. The van der Waals surface area contributed by atoms with E-state index in [1.165, 1.54) is 0 Å². The monoisotopic (exact) mass is 271 g/mol. The van der Waals surface area contributed by atoms with Gasteiger partial charge in [-0.3, -0.25) is 4.79 Å². The highest BCUT2D eigenvalue weighted by molar-refractivity contribution is 5.78. The van der Waals surface area contributed by atoms with E-state index in [1.807, 2.05) is 45.0 Å². The van der Waals surface area contributed by atoms with Gasteiger partial charge in [0, 0.05) is 13.0 Å². The number of imidazole rings is 1. The van der Waals surface area contributed by atoms with Gasteiger partial charge in [-0.2, -0.15) is 0 Å². The van der Waals surface area contributed by atoms with E-state index in [-0.39, 0.29) is 11.9 Å². The van der Waals surface area contributed by atoms with Crippen molar-refractivity contribution in [3.05, 3.63) is 42.2 Å². The van der Waals surface area contributed by atoms with Crippen molar-refractivity contribution in [2.45, 2.75) is 39.8 Å². The topological polar surface area (TPSA) is 46.9 Å². The molecule has 0 unspecified atom stereocenters. The van der Waals surface area contributed by atoms with E-state index < -0.39 is 0 Å². The van der Waals surface area contributed by atoms with Gasteiger partial charge in [0.1, 0.15) is 5.82 Å². The number of carbonyl (C=O) groups excluding carboxylic acids is 1. The van der Waals surface area contributed by atoms with Crippen molar-refractivity contribution < 1.29 is 4.79 Å². The number of hydrogen-bond acceptors (Lipinski definition) is 2. The fourth-order valence-corrected chi connectivity index (χ4v) is 2.27. The second-order valence-corrected chi connectivity index (χ2v) is 5.14. The first-order chi connectivity index (χ1) is 9.52. The number of benzene rings is 1.